The van der Waals surface area contributed by atoms with Crippen LogP contribution in [0.1, 0.15) is 39.5 Å². The molecule has 3 heterocycles. The standard InChI is InChI=1S/C30H31N7O.4ClH/c1-20-4-7-24(18-27(20)36-30-33-12-10-26(35-30)23-3-2-11-32-19-23)34-29(38)22-5-8-25-21(17-22)6-9-28(25)37-15-13-31-14-16-37;;;;/h2-5,7-8,10-12,17-19,28,31H,6,9,13-16H2,1H3,(H,34,38)(H,33,35,36);4*1H. The number of pyridine rings is 1. The maximum atomic E-state index is 13.2. The van der Waals surface area contributed by atoms with E-state index in [2.05, 4.69) is 47.9 Å². The Balaban J connectivity index is 0.00000154. The highest BCUT2D eigenvalue weighted by Crippen LogP contribution is 2.36. The van der Waals surface area contributed by atoms with Crippen LogP contribution in [0.4, 0.5) is 17.3 Å². The van der Waals surface area contributed by atoms with Crippen LogP contribution in [0, 0.1) is 6.92 Å². The zero-order chi connectivity index (χ0) is 25.9. The minimum atomic E-state index is -0.108. The number of aryl methyl sites for hydroxylation is 2. The summed E-state index contributed by atoms with van der Waals surface area (Å²) in [5.41, 5.74) is 7.63. The van der Waals surface area contributed by atoms with Crippen molar-refractivity contribution in [1.82, 2.24) is 25.2 Å². The molecule has 2 aliphatic rings. The third-order valence-electron chi connectivity index (χ3n) is 7.40. The van der Waals surface area contributed by atoms with Gasteiger partial charge in [0.2, 0.25) is 5.95 Å². The van der Waals surface area contributed by atoms with E-state index >= 15 is 0 Å². The Kier molecular flexibility index (Phi) is 13.4. The van der Waals surface area contributed by atoms with Gasteiger partial charge in [-0.3, -0.25) is 14.7 Å². The summed E-state index contributed by atoms with van der Waals surface area (Å²) >= 11 is 0. The molecule has 1 unspecified atom stereocenters. The number of anilines is 3. The molecule has 2 aromatic heterocycles. The highest BCUT2D eigenvalue weighted by molar-refractivity contribution is 6.04. The molecule has 1 aliphatic heterocycles. The van der Waals surface area contributed by atoms with Gasteiger partial charge in [-0.15, -0.1) is 49.6 Å². The van der Waals surface area contributed by atoms with E-state index in [1.54, 1.807) is 18.6 Å². The molecule has 224 valence electrons. The van der Waals surface area contributed by atoms with E-state index in [0.29, 0.717) is 23.2 Å². The fraction of sp³-hybridized carbons (Fsp3) is 0.267. The molecule has 1 atom stereocenters. The monoisotopic (exact) mass is 649 g/mol. The summed E-state index contributed by atoms with van der Waals surface area (Å²) in [7, 11) is 0. The fourth-order valence-corrected chi connectivity index (χ4v) is 5.36. The zero-order valence-electron chi connectivity index (χ0n) is 23.1. The summed E-state index contributed by atoms with van der Waals surface area (Å²) in [6.45, 7) is 6.25. The lowest BCUT2D eigenvalue weighted by atomic mass is 10.0. The molecule has 3 N–H and O–H groups in total. The second kappa shape index (κ2) is 16.0. The van der Waals surface area contributed by atoms with Gasteiger partial charge in [-0.25, -0.2) is 9.97 Å². The lowest BCUT2D eigenvalue weighted by Crippen LogP contribution is -2.44. The summed E-state index contributed by atoms with van der Waals surface area (Å²) in [6, 6.07) is 18.2. The number of carbonyl (C=O) groups excluding carboxylic acids is 1. The number of aromatic nitrogens is 3. The van der Waals surface area contributed by atoms with Crippen LogP contribution in [0.25, 0.3) is 11.3 Å². The van der Waals surface area contributed by atoms with Crippen LogP contribution in [0.15, 0.2) is 73.2 Å². The van der Waals surface area contributed by atoms with Crippen LogP contribution < -0.4 is 16.0 Å². The molecule has 1 saturated heterocycles. The van der Waals surface area contributed by atoms with E-state index in [4.69, 9.17) is 0 Å². The van der Waals surface area contributed by atoms with Crippen LogP contribution >= 0.6 is 49.6 Å². The summed E-state index contributed by atoms with van der Waals surface area (Å²) in [6.07, 6.45) is 7.37. The van der Waals surface area contributed by atoms with Crippen molar-refractivity contribution in [2.45, 2.75) is 25.8 Å². The van der Waals surface area contributed by atoms with Crippen molar-refractivity contribution in [2.75, 3.05) is 36.8 Å². The molecule has 8 nitrogen and oxygen atoms in total. The number of hydrogen-bond acceptors (Lipinski definition) is 7. The molecular weight excluding hydrogens is 616 g/mol. The van der Waals surface area contributed by atoms with Gasteiger partial charge in [0.1, 0.15) is 0 Å². The zero-order valence-corrected chi connectivity index (χ0v) is 26.3. The quantitative estimate of drug-likeness (QED) is 0.222. The van der Waals surface area contributed by atoms with E-state index < -0.39 is 0 Å². The maximum absolute atomic E-state index is 13.2. The first-order valence-corrected chi connectivity index (χ1v) is 13.1. The smallest absolute Gasteiger partial charge is 0.255 e. The molecular formula is C30H35Cl4N7O. The Morgan fingerprint density at radius 3 is 2.55 bits per heavy atom. The van der Waals surface area contributed by atoms with Crippen LogP contribution in [-0.2, 0) is 6.42 Å². The second-order valence-electron chi connectivity index (χ2n) is 9.87. The lowest BCUT2D eigenvalue weighted by molar-refractivity contribution is 0.102. The van der Waals surface area contributed by atoms with E-state index in [-0.39, 0.29) is 55.5 Å². The van der Waals surface area contributed by atoms with Gasteiger partial charge < -0.3 is 16.0 Å². The molecule has 0 radical (unpaired) electrons. The molecule has 0 saturated carbocycles. The minimum Gasteiger partial charge on any atom is -0.324 e. The highest BCUT2D eigenvalue weighted by Gasteiger charge is 2.29. The minimum absolute atomic E-state index is 0. The number of piperazine rings is 1. The number of benzene rings is 2. The number of carbonyl (C=O) groups is 1. The van der Waals surface area contributed by atoms with E-state index in [9.17, 15) is 4.79 Å². The topological polar surface area (TPSA) is 95.1 Å². The fourth-order valence-electron chi connectivity index (χ4n) is 5.36. The first kappa shape index (κ1) is 35.2. The number of amides is 1. The van der Waals surface area contributed by atoms with Gasteiger partial charge >= 0.3 is 0 Å². The molecule has 12 heteroatoms. The SMILES string of the molecule is Cc1ccc(NC(=O)c2ccc3c(c2)CCC3N2CCNCC2)cc1Nc1nccc(-c2cccnc2)n1.Cl.Cl.Cl.Cl. The number of halogens is 4. The maximum Gasteiger partial charge on any atom is 0.255 e. The van der Waals surface area contributed by atoms with Gasteiger partial charge in [-0.05, 0) is 78.9 Å². The normalized spacial score (nSPS) is 15.5. The van der Waals surface area contributed by atoms with Gasteiger partial charge in [-0.2, -0.15) is 0 Å². The van der Waals surface area contributed by atoms with Gasteiger partial charge in [0.25, 0.3) is 5.91 Å². The third kappa shape index (κ3) is 7.89. The van der Waals surface area contributed by atoms with Crippen molar-refractivity contribution in [3.05, 3.63) is 95.4 Å². The lowest BCUT2D eigenvalue weighted by Gasteiger charge is -2.33. The molecule has 1 amide bonds. The third-order valence-corrected chi connectivity index (χ3v) is 7.40. The summed E-state index contributed by atoms with van der Waals surface area (Å²) < 4.78 is 0. The Hall–Kier alpha value is -2.98. The van der Waals surface area contributed by atoms with Crippen LogP contribution in [-0.4, -0.2) is 51.9 Å². The summed E-state index contributed by atoms with van der Waals surface area (Å²) in [5.74, 6) is 0.374. The van der Waals surface area contributed by atoms with Crippen molar-refractivity contribution in [3.63, 3.8) is 0 Å². The van der Waals surface area contributed by atoms with E-state index in [1.807, 2.05) is 49.4 Å². The van der Waals surface area contributed by atoms with Gasteiger partial charge in [0.05, 0.1) is 5.69 Å². The van der Waals surface area contributed by atoms with E-state index in [0.717, 1.165) is 61.5 Å². The van der Waals surface area contributed by atoms with Crippen LogP contribution in [0.2, 0.25) is 0 Å². The van der Waals surface area contributed by atoms with Crippen LogP contribution in [0.5, 0.6) is 0 Å². The molecule has 1 aliphatic carbocycles. The molecule has 0 spiro atoms. The van der Waals surface area contributed by atoms with Gasteiger partial charge in [-0.1, -0.05) is 12.1 Å². The summed E-state index contributed by atoms with van der Waals surface area (Å²) in [4.78, 5) is 28.9. The second-order valence-corrected chi connectivity index (χ2v) is 9.87. The Morgan fingerprint density at radius 1 is 0.976 bits per heavy atom. The average Bonchev–Trinajstić information content (AvgIpc) is 3.39. The van der Waals surface area contributed by atoms with Gasteiger partial charge in [0, 0.05) is 73.3 Å². The Labute approximate surface area is 271 Å². The van der Waals surface area contributed by atoms with E-state index in [1.165, 1.54) is 11.1 Å². The van der Waals surface area contributed by atoms with Gasteiger partial charge in [0.15, 0.2) is 0 Å². The first-order chi connectivity index (χ1) is 18.6. The van der Waals surface area contributed by atoms with Crippen molar-refractivity contribution in [2.24, 2.45) is 0 Å². The average molecular weight is 651 g/mol. The number of rotatable bonds is 6. The van der Waals surface area contributed by atoms with Crippen molar-refractivity contribution in [1.29, 1.82) is 0 Å². The molecule has 2 aromatic carbocycles. The number of hydrogen-bond donors (Lipinski definition) is 3. The number of nitrogens with zero attached hydrogens (tertiary/aromatic N) is 4. The Morgan fingerprint density at radius 2 is 1.79 bits per heavy atom. The largest absolute Gasteiger partial charge is 0.324 e. The number of fused-ring (bicyclic) bond motifs is 1. The number of nitrogens with one attached hydrogen (secondary N) is 3. The predicted molar refractivity (Wildman–Crippen MR) is 179 cm³/mol. The molecule has 6 rings (SSSR count). The first-order valence-electron chi connectivity index (χ1n) is 13.1. The van der Waals surface area contributed by atoms with Crippen molar-refractivity contribution < 1.29 is 4.79 Å². The van der Waals surface area contributed by atoms with Crippen molar-refractivity contribution in [3.8, 4) is 11.3 Å². The summed E-state index contributed by atoms with van der Waals surface area (Å²) in [5, 5.41) is 9.80. The predicted octanol–water partition coefficient (Wildman–Crippen LogP) is 6.42. The molecule has 0 bridgehead atoms. The molecule has 4 aromatic rings. The molecule has 1 fully saturated rings. The molecule has 42 heavy (non-hydrogen) atoms. The van der Waals surface area contributed by atoms with Crippen molar-refractivity contribution >= 4 is 72.9 Å². The Bertz CT molecular complexity index is 1470. The highest BCUT2D eigenvalue weighted by atomic mass is 35.5. The van der Waals surface area contributed by atoms with Crippen LogP contribution in [0.3, 0.4) is 0 Å².